The number of anilines is 1. The van der Waals surface area contributed by atoms with Crippen LogP contribution in [0, 0.1) is 0 Å². The molecule has 0 bridgehead atoms. The van der Waals surface area contributed by atoms with E-state index in [1.807, 2.05) is 12.1 Å². The second-order valence-electron chi connectivity index (χ2n) is 6.56. The van der Waals surface area contributed by atoms with E-state index in [4.69, 9.17) is 4.74 Å². The molecule has 0 spiro atoms. The van der Waals surface area contributed by atoms with Crippen LogP contribution in [0.3, 0.4) is 0 Å². The van der Waals surface area contributed by atoms with Crippen LogP contribution in [0.1, 0.15) is 41.6 Å². The van der Waals surface area contributed by atoms with Gasteiger partial charge in [-0.3, -0.25) is 4.79 Å². The Morgan fingerprint density at radius 1 is 1.04 bits per heavy atom. The number of carbonyl (C=O) groups excluding carboxylic acids is 1. The lowest BCUT2D eigenvalue weighted by Crippen LogP contribution is -2.18. The lowest BCUT2D eigenvalue weighted by molar-refractivity contribution is 0.102. The van der Waals surface area contributed by atoms with Crippen LogP contribution in [-0.4, -0.2) is 26.7 Å². The van der Waals surface area contributed by atoms with Crippen molar-refractivity contribution in [2.24, 2.45) is 0 Å². The molecule has 2 aromatic carbocycles. The first kappa shape index (κ1) is 18.6. The molecule has 0 atom stereocenters. The van der Waals surface area contributed by atoms with Crippen LogP contribution in [0.4, 0.5) is 5.69 Å². The maximum Gasteiger partial charge on any atom is 0.255 e. The normalized spacial score (nSPS) is 15.1. The summed E-state index contributed by atoms with van der Waals surface area (Å²) in [4.78, 5) is 12.6. The smallest absolute Gasteiger partial charge is 0.255 e. The molecule has 0 aromatic heterocycles. The summed E-state index contributed by atoms with van der Waals surface area (Å²) in [5.74, 6) is -0.236. The SMILES string of the molecule is COCc1ccc(C(=O)Nc2ccc(S(=O)(=O)C3CCCC3)cc2)cc1. The van der Waals surface area contributed by atoms with E-state index in [0.29, 0.717) is 22.8 Å². The first-order valence-corrected chi connectivity index (χ1v) is 10.3. The van der Waals surface area contributed by atoms with Gasteiger partial charge in [-0.05, 0) is 54.8 Å². The summed E-state index contributed by atoms with van der Waals surface area (Å²) in [5, 5.41) is 2.52. The zero-order valence-corrected chi connectivity index (χ0v) is 15.6. The number of nitrogens with one attached hydrogen (secondary N) is 1. The van der Waals surface area contributed by atoms with Crippen LogP contribution >= 0.6 is 0 Å². The quantitative estimate of drug-likeness (QED) is 0.836. The van der Waals surface area contributed by atoms with Crippen molar-refractivity contribution in [3.8, 4) is 0 Å². The summed E-state index contributed by atoms with van der Waals surface area (Å²) in [6.07, 6.45) is 3.42. The van der Waals surface area contributed by atoms with E-state index in [2.05, 4.69) is 5.32 Å². The minimum atomic E-state index is -3.27. The van der Waals surface area contributed by atoms with E-state index < -0.39 is 9.84 Å². The summed E-state index contributed by atoms with van der Waals surface area (Å²) in [6.45, 7) is 0.499. The van der Waals surface area contributed by atoms with Crippen molar-refractivity contribution in [3.63, 3.8) is 0 Å². The molecule has 0 unspecified atom stereocenters. The first-order valence-electron chi connectivity index (χ1n) is 8.74. The maximum atomic E-state index is 12.6. The number of benzene rings is 2. The first-order chi connectivity index (χ1) is 12.5. The van der Waals surface area contributed by atoms with Gasteiger partial charge in [-0.15, -0.1) is 0 Å². The Morgan fingerprint density at radius 2 is 1.65 bits per heavy atom. The van der Waals surface area contributed by atoms with E-state index in [0.717, 1.165) is 31.2 Å². The van der Waals surface area contributed by atoms with Crippen LogP contribution < -0.4 is 5.32 Å². The highest BCUT2D eigenvalue weighted by atomic mass is 32.2. The predicted molar refractivity (Wildman–Crippen MR) is 101 cm³/mol. The van der Waals surface area contributed by atoms with E-state index in [9.17, 15) is 13.2 Å². The monoisotopic (exact) mass is 373 g/mol. The number of hydrogen-bond donors (Lipinski definition) is 1. The fourth-order valence-electron chi connectivity index (χ4n) is 3.24. The number of amides is 1. The molecule has 0 radical (unpaired) electrons. The standard InChI is InChI=1S/C20H23NO4S/c1-25-14-15-6-8-16(9-7-15)20(22)21-17-10-12-19(13-11-17)26(23,24)18-4-2-3-5-18/h6-13,18H,2-5,14H2,1H3,(H,21,22). The van der Waals surface area contributed by atoms with Crippen molar-refractivity contribution < 1.29 is 17.9 Å². The predicted octanol–water partition coefficient (Wildman–Crippen LogP) is 3.80. The molecule has 1 aliphatic carbocycles. The summed E-state index contributed by atoms with van der Waals surface area (Å²) in [6, 6.07) is 13.6. The molecule has 1 fully saturated rings. The second kappa shape index (κ2) is 8.01. The third-order valence-corrected chi connectivity index (χ3v) is 6.99. The van der Waals surface area contributed by atoms with Crippen LogP contribution in [0.25, 0.3) is 0 Å². The van der Waals surface area contributed by atoms with E-state index in [1.54, 1.807) is 43.5 Å². The van der Waals surface area contributed by atoms with Crippen molar-refractivity contribution >= 4 is 21.4 Å². The molecule has 26 heavy (non-hydrogen) atoms. The lowest BCUT2D eigenvalue weighted by atomic mass is 10.1. The van der Waals surface area contributed by atoms with Crippen molar-refractivity contribution in [2.45, 2.75) is 42.4 Å². The van der Waals surface area contributed by atoms with Gasteiger partial charge in [0.15, 0.2) is 9.84 Å². The molecule has 1 saturated carbocycles. The van der Waals surface area contributed by atoms with E-state index >= 15 is 0 Å². The van der Waals surface area contributed by atoms with Gasteiger partial charge >= 0.3 is 0 Å². The van der Waals surface area contributed by atoms with Crippen LogP contribution in [0.2, 0.25) is 0 Å². The zero-order chi connectivity index (χ0) is 18.6. The Balaban J connectivity index is 1.68. The van der Waals surface area contributed by atoms with Crippen molar-refractivity contribution in [1.82, 2.24) is 0 Å². The number of sulfone groups is 1. The number of ether oxygens (including phenoxy) is 1. The Kier molecular flexibility index (Phi) is 5.74. The van der Waals surface area contributed by atoms with E-state index in [1.165, 1.54) is 0 Å². The number of carbonyl (C=O) groups is 1. The second-order valence-corrected chi connectivity index (χ2v) is 8.79. The molecule has 1 amide bonds. The van der Waals surface area contributed by atoms with Gasteiger partial charge in [-0.25, -0.2) is 8.42 Å². The van der Waals surface area contributed by atoms with Crippen LogP contribution in [0.15, 0.2) is 53.4 Å². The lowest BCUT2D eigenvalue weighted by Gasteiger charge is -2.12. The fourth-order valence-corrected chi connectivity index (χ4v) is 5.10. The van der Waals surface area contributed by atoms with Gasteiger partial charge in [0.25, 0.3) is 5.91 Å². The van der Waals surface area contributed by atoms with Gasteiger partial charge in [-0.1, -0.05) is 25.0 Å². The van der Waals surface area contributed by atoms with Crippen molar-refractivity contribution in [3.05, 3.63) is 59.7 Å². The number of methoxy groups -OCH3 is 1. The molecule has 6 heteroatoms. The Bertz CT molecular complexity index is 852. The van der Waals surface area contributed by atoms with Gasteiger partial charge < -0.3 is 10.1 Å². The highest BCUT2D eigenvalue weighted by Crippen LogP contribution is 2.30. The average molecular weight is 373 g/mol. The molecule has 3 rings (SSSR count). The summed E-state index contributed by atoms with van der Waals surface area (Å²) in [7, 11) is -1.65. The van der Waals surface area contributed by atoms with Gasteiger partial charge in [0, 0.05) is 18.4 Å². The highest BCUT2D eigenvalue weighted by molar-refractivity contribution is 7.92. The molecular weight excluding hydrogens is 350 g/mol. The zero-order valence-electron chi connectivity index (χ0n) is 14.8. The average Bonchev–Trinajstić information content (AvgIpc) is 3.19. The fraction of sp³-hybridized carbons (Fsp3) is 0.350. The van der Waals surface area contributed by atoms with Crippen LogP contribution in [-0.2, 0) is 21.2 Å². The van der Waals surface area contributed by atoms with Gasteiger partial charge in [-0.2, -0.15) is 0 Å². The van der Waals surface area contributed by atoms with Gasteiger partial charge in [0.2, 0.25) is 0 Å². The number of rotatable bonds is 6. The van der Waals surface area contributed by atoms with E-state index in [-0.39, 0.29) is 11.2 Å². The molecule has 1 aliphatic rings. The topological polar surface area (TPSA) is 72.5 Å². The molecule has 0 saturated heterocycles. The Morgan fingerprint density at radius 3 is 2.23 bits per heavy atom. The third kappa shape index (κ3) is 4.14. The molecule has 1 N–H and O–H groups in total. The van der Waals surface area contributed by atoms with Crippen molar-refractivity contribution in [2.75, 3.05) is 12.4 Å². The molecule has 2 aromatic rings. The van der Waals surface area contributed by atoms with Crippen LogP contribution in [0.5, 0.6) is 0 Å². The third-order valence-electron chi connectivity index (χ3n) is 4.71. The Hall–Kier alpha value is -2.18. The molecular formula is C20H23NO4S. The summed E-state index contributed by atoms with van der Waals surface area (Å²) >= 11 is 0. The van der Waals surface area contributed by atoms with Gasteiger partial charge in [0.1, 0.15) is 0 Å². The Labute approximate surface area is 154 Å². The summed E-state index contributed by atoms with van der Waals surface area (Å²) < 4.78 is 30.2. The molecule has 0 heterocycles. The minimum absolute atomic E-state index is 0.236. The highest BCUT2D eigenvalue weighted by Gasteiger charge is 2.30. The molecule has 5 nitrogen and oxygen atoms in total. The molecule has 138 valence electrons. The largest absolute Gasteiger partial charge is 0.380 e. The number of hydrogen-bond acceptors (Lipinski definition) is 4. The molecule has 0 aliphatic heterocycles. The van der Waals surface area contributed by atoms with Gasteiger partial charge in [0.05, 0.1) is 16.8 Å². The summed E-state index contributed by atoms with van der Waals surface area (Å²) in [5.41, 5.74) is 2.10. The van der Waals surface area contributed by atoms with Crippen molar-refractivity contribution in [1.29, 1.82) is 0 Å². The maximum absolute atomic E-state index is 12.6. The minimum Gasteiger partial charge on any atom is -0.380 e.